The molecule has 0 bridgehead atoms. The molecular weight excluding hydrogens is 210 g/mol. The van der Waals surface area contributed by atoms with Crippen LogP contribution in [0, 0.1) is 0 Å². The van der Waals surface area contributed by atoms with Crippen molar-refractivity contribution in [2.45, 2.75) is 19.4 Å². The molecule has 0 amide bonds. The third-order valence-electron chi connectivity index (χ3n) is 2.41. The fraction of sp³-hybridized carbons (Fsp3) is 0.500. The van der Waals surface area contributed by atoms with Crippen LogP contribution in [0.1, 0.15) is 24.0 Å². The summed E-state index contributed by atoms with van der Waals surface area (Å²) < 4.78 is 0. The lowest BCUT2D eigenvalue weighted by Gasteiger charge is -2.14. The zero-order valence-corrected chi connectivity index (χ0v) is 10.3. The average Bonchev–Trinajstić information content (AvgIpc) is 2.19. The molecule has 1 aromatic carbocycles. The van der Waals surface area contributed by atoms with Gasteiger partial charge in [-0.1, -0.05) is 30.7 Å². The number of hydrogen-bond donors (Lipinski definition) is 1. The van der Waals surface area contributed by atoms with Gasteiger partial charge in [-0.25, -0.2) is 0 Å². The van der Waals surface area contributed by atoms with Gasteiger partial charge in [0, 0.05) is 24.1 Å². The number of hydrogen-bond acceptors (Lipinski definition) is 2. The first kappa shape index (κ1) is 12.5. The summed E-state index contributed by atoms with van der Waals surface area (Å²) >= 11 is 6.17. The maximum Gasteiger partial charge on any atom is 0.0497 e. The Hall–Kier alpha value is -0.570. The van der Waals surface area contributed by atoms with Gasteiger partial charge < -0.3 is 10.0 Å². The Balaban J connectivity index is 2.88. The smallest absolute Gasteiger partial charge is 0.0497 e. The zero-order chi connectivity index (χ0) is 11.4. The molecule has 0 radical (unpaired) electrons. The fourth-order valence-electron chi connectivity index (χ4n) is 1.44. The van der Waals surface area contributed by atoms with Gasteiger partial charge >= 0.3 is 0 Å². The normalized spacial score (nSPS) is 13.2. The van der Waals surface area contributed by atoms with Gasteiger partial charge in [-0.15, -0.1) is 0 Å². The molecule has 0 heterocycles. The minimum absolute atomic E-state index is 0.149. The Morgan fingerprint density at radius 2 is 2.07 bits per heavy atom. The van der Waals surface area contributed by atoms with Gasteiger partial charge in [0.1, 0.15) is 0 Å². The fourth-order valence-corrected chi connectivity index (χ4v) is 1.69. The van der Waals surface area contributed by atoms with Crippen molar-refractivity contribution in [2.24, 2.45) is 0 Å². The van der Waals surface area contributed by atoms with E-state index in [-0.39, 0.29) is 12.5 Å². The van der Waals surface area contributed by atoms with E-state index in [1.807, 2.05) is 39.2 Å². The molecule has 0 aromatic heterocycles. The van der Waals surface area contributed by atoms with Crippen LogP contribution in [0.15, 0.2) is 18.2 Å². The molecule has 1 N–H and O–H groups in total. The van der Waals surface area contributed by atoms with Crippen molar-refractivity contribution in [3.63, 3.8) is 0 Å². The predicted octanol–water partition coefficient (Wildman–Crippen LogP) is 2.50. The number of aliphatic hydroxyl groups excluding tert-OH is 1. The van der Waals surface area contributed by atoms with E-state index in [1.165, 1.54) is 0 Å². The molecule has 2 nitrogen and oxygen atoms in total. The first-order valence-corrected chi connectivity index (χ1v) is 5.46. The van der Waals surface area contributed by atoms with E-state index in [4.69, 9.17) is 16.7 Å². The molecule has 15 heavy (non-hydrogen) atoms. The maximum atomic E-state index is 9.04. The van der Waals surface area contributed by atoms with Crippen LogP contribution in [0.5, 0.6) is 0 Å². The Bertz CT molecular complexity index is 325. The number of aliphatic hydroxyl groups is 1. The number of rotatable bonds is 4. The van der Waals surface area contributed by atoms with Crippen molar-refractivity contribution < 1.29 is 5.11 Å². The van der Waals surface area contributed by atoms with Gasteiger partial charge in [0.15, 0.2) is 0 Å². The Morgan fingerprint density at radius 1 is 1.40 bits per heavy atom. The van der Waals surface area contributed by atoms with E-state index < -0.39 is 0 Å². The van der Waals surface area contributed by atoms with Gasteiger partial charge in [-0.05, 0) is 31.3 Å². The summed E-state index contributed by atoms with van der Waals surface area (Å²) in [7, 11) is 4.03. The Labute approximate surface area is 96.5 Å². The highest BCUT2D eigenvalue weighted by Crippen LogP contribution is 2.23. The van der Waals surface area contributed by atoms with Crippen molar-refractivity contribution in [3.8, 4) is 0 Å². The van der Waals surface area contributed by atoms with Crippen molar-refractivity contribution in [1.29, 1.82) is 0 Å². The van der Waals surface area contributed by atoms with E-state index in [0.29, 0.717) is 0 Å². The van der Waals surface area contributed by atoms with Crippen LogP contribution in [0.25, 0.3) is 0 Å². The van der Waals surface area contributed by atoms with Gasteiger partial charge in [0.05, 0.1) is 0 Å². The van der Waals surface area contributed by atoms with E-state index >= 15 is 0 Å². The second-order valence-electron chi connectivity index (χ2n) is 4.17. The lowest BCUT2D eigenvalue weighted by Crippen LogP contribution is -2.11. The minimum Gasteiger partial charge on any atom is -0.396 e. The van der Waals surface area contributed by atoms with Gasteiger partial charge in [-0.2, -0.15) is 0 Å². The van der Waals surface area contributed by atoms with E-state index in [0.717, 1.165) is 22.7 Å². The number of nitrogens with zero attached hydrogens (tertiary/aromatic N) is 1. The largest absolute Gasteiger partial charge is 0.396 e. The summed E-state index contributed by atoms with van der Waals surface area (Å²) in [6.07, 6.45) is 0. The third-order valence-corrected chi connectivity index (χ3v) is 2.76. The molecule has 3 heteroatoms. The van der Waals surface area contributed by atoms with Gasteiger partial charge in [0.2, 0.25) is 0 Å². The van der Waals surface area contributed by atoms with Gasteiger partial charge in [0.25, 0.3) is 0 Å². The van der Waals surface area contributed by atoms with Crippen LogP contribution >= 0.6 is 11.6 Å². The monoisotopic (exact) mass is 227 g/mol. The predicted molar refractivity (Wildman–Crippen MR) is 64.3 cm³/mol. The molecule has 0 aliphatic heterocycles. The number of benzene rings is 1. The van der Waals surface area contributed by atoms with E-state index in [2.05, 4.69) is 4.90 Å². The molecule has 0 aliphatic rings. The van der Waals surface area contributed by atoms with Crippen LogP contribution in [0.2, 0.25) is 5.02 Å². The highest BCUT2D eigenvalue weighted by atomic mass is 35.5. The van der Waals surface area contributed by atoms with Crippen LogP contribution in [-0.4, -0.2) is 30.7 Å². The summed E-state index contributed by atoms with van der Waals surface area (Å²) in [6, 6.07) is 6.01. The summed E-state index contributed by atoms with van der Waals surface area (Å²) in [5, 5.41) is 9.82. The molecule has 1 rings (SSSR count). The summed E-state index contributed by atoms with van der Waals surface area (Å²) in [5.74, 6) is 0.149. The SMILES string of the molecule is CC(CO)c1ccc(CN(C)C)c(Cl)c1. The molecule has 0 saturated heterocycles. The van der Waals surface area contributed by atoms with Crippen molar-refractivity contribution >= 4 is 11.6 Å². The molecule has 1 aromatic rings. The zero-order valence-electron chi connectivity index (χ0n) is 9.50. The quantitative estimate of drug-likeness (QED) is 0.855. The molecule has 1 unspecified atom stereocenters. The molecule has 84 valence electrons. The lowest BCUT2D eigenvalue weighted by molar-refractivity contribution is 0.273. The summed E-state index contributed by atoms with van der Waals surface area (Å²) in [6.45, 7) is 2.98. The molecule has 0 aliphatic carbocycles. The standard InChI is InChI=1S/C12H18ClNO/c1-9(8-15)10-4-5-11(7-14(2)3)12(13)6-10/h4-6,9,15H,7-8H2,1-3H3. The van der Waals surface area contributed by atoms with Crippen LogP contribution in [-0.2, 0) is 6.54 Å². The molecule has 0 saturated carbocycles. The summed E-state index contributed by atoms with van der Waals surface area (Å²) in [5.41, 5.74) is 2.21. The molecule has 1 atom stereocenters. The Kier molecular flexibility index (Phi) is 4.58. The molecular formula is C12H18ClNO. The van der Waals surface area contributed by atoms with Crippen molar-refractivity contribution in [2.75, 3.05) is 20.7 Å². The van der Waals surface area contributed by atoms with Crippen LogP contribution < -0.4 is 0 Å². The average molecular weight is 228 g/mol. The molecule has 0 fully saturated rings. The summed E-state index contributed by atoms with van der Waals surface area (Å²) in [4.78, 5) is 2.08. The molecule has 0 spiro atoms. The van der Waals surface area contributed by atoms with Gasteiger partial charge in [-0.3, -0.25) is 0 Å². The second-order valence-corrected chi connectivity index (χ2v) is 4.58. The Morgan fingerprint density at radius 3 is 2.53 bits per heavy atom. The van der Waals surface area contributed by atoms with Crippen LogP contribution in [0.4, 0.5) is 0 Å². The van der Waals surface area contributed by atoms with Crippen molar-refractivity contribution in [3.05, 3.63) is 34.3 Å². The first-order chi connectivity index (χ1) is 7.04. The topological polar surface area (TPSA) is 23.5 Å². The van der Waals surface area contributed by atoms with Crippen LogP contribution in [0.3, 0.4) is 0 Å². The number of halogens is 1. The highest BCUT2D eigenvalue weighted by Gasteiger charge is 2.07. The first-order valence-electron chi connectivity index (χ1n) is 5.08. The lowest BCUT2D eigenvalue weighted by atomic mass is 10.0. The van der Waals surface area contributed by atoms with Crippen molar-refractivity contribution in [1.82, 2.24) is 4.90 Å². The minimum atomic E-state index is 0.149. The van der Waals surface area contributed by atoms with E-state index in [1.54, 1.807) is 0 Å². The second kappa shape index (κ2) is 5.50. The highest BCUT2D eigenvalue weighted by molar-refractivity contribution is 6.31. The third kappa shape index (κ3) is 3.49. The van der Waals surface area contributed by atoms with E-state index in [9.17, 15) is 0 Å². The maximum absolute atomic E-state index is 9.04.